The van der Waals surface area contributed by atoms with Crippen molar-refractivity contribution < 1.29 is 19.4 Å². The van der Waals surface area contributed by atoms with Gasteiger partial charge in [-0.1, -0.05) is 33.6 Å². The van der Waals surface area contributed by atoms with E-state index >= 15 is 0 Å². The average molecular weight is 284 g/mol. The van der Waals surface area contributed by atoms with Crippen molar-refractivity contribution in [1.29, 1.82) is 0 Å². The molecule has 0 heterocycles. The van der Waals surface area contributed by atoms with E-state index in [0.29, 0.717) is 12.8 Å². The zero-order chi connectivity index (χ0) is 15.6. The maximum absolute atomic E-state index is 12.3. The van der Waals surface area contributed by atoms with Crippen LogP contribution in [0.15, 0.2) is 0 Å². The van der Waals surface area contributed by atoms with E-state index in [-0.39, 0.29) is 11.4 Å². The van der Waals surface area contributed by atoms with Crippen molar-refractivity contribution in [2.75, 3.05) is 0 Å². The second-order valence-corrected chi connectivity index (χ2v) is 7.75. The summed E-state index contributed by atoms with van der Waals surface area (Å²) in [6.45, 7) is 10.1. The Labute approximate surface area is 121 Å². The van der Waals surface area contributed by atoms with E-state index in [1.54, 1.807) is 0 Å². The Kier molecular flexibility index (Phi) is 5.22. The molecule has 0 aliphatic heterocycles. The Morgan fingerprint density at radius 1 is 1.05 bits per heavy atom. The van der Waals surface area contributed by atoms with Crippen LogP contribution < -0.4 is 0 Å². The first-order chi connectivity index (χ1) is 9.02. The van der Waals surface area contributed by atoms with E-state index < -0.39 is 23.4 Å². The van der Waals surface area contributed by atoms with Gasteiger partial charge in [-0.3, -0.25) is 9.59 Å². The fraction of sp³-hybridized carbons (Fsp3) is 0.875. The van der Waals surface area contributed by atoms with Gasteiger partial charge in [0.1, 0.15) is 5.60 Å². The van der Waals surface area contributed by atoms with E-state index in [1.165, 1.54) is 0 Å². The van der Waals surface area contributed by atoms with Crippen molar-refractivity contribution in [2.24, 2.45) is 17.3 Å². The summed E-state index contributed by atoms with van der Waals surface area (Å²) in [5, 5.41) is 9.23. The number of aliphatic carboxylic acids is 1. The summed E-state index contributed by atoms with van der Waals surface area (Å²) >= 11 is 0. The van der Waals surface area contributed by atoms with Crippen molar-refractivity contribution >= 4 is 11.9 Å². The highest BCUT2D eigenvalue weighted by Crippen LogP contribution is 2.35. The molecule has 0 bridgehead atoms. The molecular formula is C16H28O4. The minimum absolute atomic E-state index is 0.0581. The summed E-state index contributed by atoms with van der Waals surface area (Å²) in [4.78, 5) is 23.6. The smallest absolute Gasteiger partial charge is 0.310 e. The van der Waals surface area contributed by atoms with Crippen molar-refractivity contribution in [3.05, 3.63) is 0 Å². The molecule has 4 nitrogen and oxygen atoms in total. The molecule has 0 amide bonds. The van der Waals surface area contributed by atoms with E-state index in [0.717, 1.165) is 19.3 Å². The van der Waals surface area contributed by atoms with Crippen LogP contribution in [0.25, 0.3) is 0 Å². The number of ether oxygens (including phenoxy) is 1. The van der Waals surface area contributed by atoms with Crippen molar-refractivity contribution in [1.82, 2.24) is 0 Å². The Bertz CT molecular complexity index is 365. The number of esters is 1. The molecule has 1 aliphatic rings. The van der Waals surface area contributed by atoms with E-state index in [1.807, 2.05) is 13.8 Å². The molecule has 0 aromatic carbocycles. The van der Waals surface area contributed by atoms with Crippen LogP contribution in [0.2, 0.25) is 0 Å². The minimum atomic E-state index is -0.875. The zero-order valence-electron chi connectivity index (χ0n) is 13.4. The Morgan fingerprint density at radius 2 is 1.55 bits per heavy atom. The van der Waals surface area contributed by atoms with Gasteiger partial charge in [-0.2, -0.15) is 0 Å². The minimum Gasteiger partial charge on any atom is -0.481 e. The summed E-state index contributed by atoms with van der Waals surface area (Å²) in [5.41, 5.74) is -0.502. The second-order valence-electron chi connectivity index (χ2n) is 7.75. The topological polar surface area (TPSA) is 63.6 Å². The number of hydrogen-bond acceptors (Lipinski definition) is 3. The van der Waals surface area contributed by atoms with Gasteiger partial charge in [0.05, 0.1) is 11.8 Å². The van der Waals surface area contributed by atoms with Gasteiger partial charge < -0.3 is 9.84 Å². The molecule has 1 rings (SSSR count). The SMILES string of the molecule is CC(C)(C)CC(C)(C)OC(=O)C1CCCCC1C(=O)O. The average Bonchev–Trinajstić information content (AvgIpc) is 2.24. The number of carbonyl (C=O) groups is 2. The molecule has 0 radical (unpaired) electrons. The number of rotatable bonds is 4. The van der Waals surface area contributed by atoms with Crippen LogP contribution in [0.1, 0.15) is 66.7 Å². The summed E-state index contributed by atoms with van der Waals surface area (Å²) < 4.78 is 5.63. The summed E-state index contributed by atoms with van der Waals surface area (Å²) in [6, 6.07) is 0. The van der Waals surface area contributed by atoms with E-state index in [2.05, 4.69) is 20.8 Å². The first-order valence-corrected chi connectivity index (χ1v) is 7.47. The molecule has 1 fully saturated rings. The summed E-state index contributed by atoms with van der Waals surface area (Å²) in [6.07, 6.45) is 3.74. The highest BCUT2D eigenvalue weighted by molar-refractivity contribution is 5.81. The number of carboxylic acid groups (broad SMARTS) is 1. The number of carbonyl (C=O) groups excluding carboxylic acids is 1. The predicted molar refractivity (Wildman–Crippen MR) is 77.3 cm³/mol. The maximum atomic E-state index is 12.3. The molecule has 1 saturated carbocycles. The Morgan fingerprint density at radius 3 is 2.00 bits per heavy atom. The first kappa shape index (κ1) is 17.0. The van der Waals surface area contributed by atoms with Gasteiger partial charge in [0.25, 0.3) is 0 Å². The van der Waals surface area contributed by atoms with Gasteiger partial charge in [0.15, 0.2) is 0 Å². The third-order valence-electron chi connectivity index (χ3n) is 3.72. The lowest BCUT2D eigenvalue weighted by Crippen LogP contribution is -2.39. The molecule has 1 aliphatic carbocycles. The van der Waals surface area contributed by atoms with E-state index in [4.69, 9.17) is 4.74 Å². The zero-order valence-corrected chi connectivity index (χ0v) is 13.4. The van der Waals surface area contributed by atoms with Gasteiger partial charge in [-0.15, -0.1) is 0 Å². The molecule has 0 aromatic rings. The fourth-order valence-electron chi connectivity index (χ4n) is 3.37. The highest BCUT2D eigenvalue weighted by Gasteiger charge is 2.39. The lowest BCUT2D eigenvalue weighted by Gasteiger charge is -2.35. The number of hydrogen-bond donors (Lipinski definition) is 1. The van der Waals surface area contributed by atoms with Gasteiger partial charge in [0.2, 0.25) is 0 Å². The molecule has 0 spiro atoms. The molecule has 1 N–H and O–H groups in total. The fourth-order valence-corrected chi connectivity index (χ4v) is 3.37. The maximum Gasteiger partial charge on any atom is 0.310 e. The molecule has 0 aromatic heterocycles. The van der Waals surface area contributed by atoms with Crippen LogP contribution in [0.4, 0.5) is 0 Å². The monoisotopic (exact) mass is 284 g/mol. The molecule has 4 heteroatoms. The molecule has 0 saturated heterocycles. The molecule has 2 atom stereocenters. The van der Waals surface area contributed by atoms with Crippen LogP contribution in [0, 0.1) is 17.3 Å². The van der Waals surface area contributed by atoms with Crippen LogP contribution in [0.5, 0.6) is 0 Å². The molecule has 2 unspecified atom stereocenters. The molecule has 20 heavy (non-hydrogen) atoms. The van der Waals surface area contributed by atoms with Gasteiger partial charge in [-0.05, 0) is 38.5 Å². The highest BCUT2D eigenvalue weighted by atomic mass is 16.6. The van der Waals surface area contributed by atoms with Gasteiger partial charge in [0, 0.05) is 0 Å². The third-order valence-corrected chi connectivity index (χ3v) is 3.72. The lowest BCUT2D eigenvalue weighted by molar-refractivity contribution is -0.171. The van der Waals surface area contributed by atoms with E-state index in [9.17, 15) is 14.7 Å². The van der Waals surface area contributed by atoms with Crippen molar-refractivity contribution in [3.8, 4) is 0 Å². The molecule has 116 valence electrons. The third kappa shape index (κ3) is 5.14. The standard InChI is InChI=1S/C16H28O4/c1-15(2,3)10-16(4,5)20-14(19)12-9-7-6-8-11(12)13(17)18/h11-12H,6-10H2,1-5H3,(H,17,18). The summed E-state index contributed by atoms with van der Waals surface area (Å²) in [7, 11) is 0. The largest absolute Gasteiger partial charge is 0.481 e. The second kappa shape index (κ2) is 6.15. The Hall–Kier alpha value is -1.06. The van der Waals surface area contributed by atoms with Crippen LogP contribution in [-0.4, -0.2) is 22.6 Å². The summed E-state index contributed by atoms with van der Waals surface area (Å²) in [5.74, 6) is -2.28. The number of carboxylic acids is 1. The van der Waals surface area contributed by atoms with Crippen LogP contribution in [-0.2, 0) is 14.3 Å². The van der Waals surface area contributed by atoms with Crippen LogP contribution in [0.3, 0.4) is 0 Å². The lowest BCUT2D eigenvalue weighted by atomic mass is 9.79. The molecular weight excluding hydrogens is 256 g/mol. The van der Waals surface area contributed by atoms with Crippen LogP contribution >= 0.6 is 0 Å². The first-order valence-electron chi connectivity index (χ1n) is 7.47. The van der Waals surface area contributed by atoms with Crippen molar-refractivity contribution in [2.45, 2.75) is 72.3 Å². The normalized spacial score (nSPS) is 24.2. The van der Waals surface area contributed by atoms with Gasteiger partial charge in [-0.25, -0.2) is 0 Å². The van der Waals surface area contributed by atoms with Crippen molar-refractivity contribution in [3.63, 3.8) is 0 Å². The van der Waals surface area contributed by atoms with Gasteiger partial charge >= 0.3 is 11.9 Å². The quantitative estimate of drug-likeness (QED) is 0.801. The Balaban J connectivity index is 2.71. The predicted octanol–water partition coefficient (Wildman–Crippen LogP) is 3.64.